The maximum atomic E-state index is 10.4. The second kappa shape index (κ2) is 5.50. The van der Waals surface area contributed by atoms with Crippen LogP contribution in [0.4, 0.5) is 0 Å². The number of aliphatic hydroxyl groups excluding tert-OH is 2. The van der Waals surface area contributed by atoms with Crippen molar-refractivity contribution in [1.29, 1.82) is 0 Å². The predicted molar refractivity (Wildman–Crippen MR) is 40.4 cm³/mol. The van der Waals surface area contributed by atoms with E-state index in [0.717, 1.165) is 13.8 Å². The van der Waals surface area contributed by atoms with Gasteiger partial charge in [-0.05, 0) is 0 Å². The Morgan fingerprint density at radius 1 is 1.23 bits per heavy atom. The Hall–Kier alpha value is -1.14. The molecule has 0 aromatic carbocycles. The fraction of sp³-hybridized carbons (Fsp3) is 0.714. The molecule has 0 heterocycles. The predicted octanol–water partition coefficient (Wildman–Crippen LogP) is -1.21. The Bertz CT molecular complexity index is 189. The molecule has 0 bridgehead atoms. The second-order valence-electron chi connectivity index (χ2n) is 2.33. The summed E-state index contributed by atoms with van der Waals surface area (Å²) < 4.78 is 8.73. The summed E-state index contributed by atoms with van der Waals surface area (Å²) in [5.41, 5.74) is 0. The summed E-state index contributed by atoms with van der Waals surface area (Å²) >= 11 is 0. The molecule has 0 radical (unpaired) electrons. The minimum atomic E-state index is -1.63. The Kier molecular flexibility index (Phi) is 5.01. The normalized spacial score (nSPS) is 14.5. The summed E-state index contributed by atoms with van der Waals surface area (Å²) in [5, 5.41) is 17.7. The van der Waals surface area contributed by atoms with Gasteiger partial charge in [0.15, 0.2) is 6.10 Å². The summed E-state index contributed by atoms with van der Waals surface area (Å²) in [7, 11) is 0. The van der Waals surface area contributed by atoms with E-state index in [1.807, 2.05) is 0 Å². The Balaban J connectivity index is 4.06. The van der Waals surface area contributed by atoms with Gasteiger partial charge in [0, 0.05) is 13.8 Å². The molecule has 2 unspecified atom stereocenters. The fourth-order valence-corrected chi connectivity index (χ4v) is 0.645. The number of ether oxygens (including phenoxy) is 2. The van der Waals surface area contributed by atoms with Crippen molar-refractivity contribution in [1.82, 2.24) is 0 Å². The van der Waals surface area contributed by atoms with Crippen molar-refractivity contribution in [3.63, 3.8) is 0 Å². The average molecular weight is 192 g/mol. The Morgan fingerprint density at radius 2 is 1.69 bits per heavy atom. The first kappa shape index (κ1) is 11.9. The summed E-state index contributed by atoms with van der Waals surface area (Å²) in [4.78, 5) is 20.8. The zero-order valence-electron chi connectivity index (χ0n) is 7.39. The fourth-order valence-electron chi connectivity index (χ4n) is 0.645. The van der Waals surface area contributed by atoms with E-state index in [9.17, 15) is 9.59 Å². The van der Waals surface area contributed by atoms with Crippen molar-refractivity contribution < 1.29 is 29.3 Å². The van der Waals surface area contributed by atoms with E-state index in [-0.39, 0.29) is 0 Å². The smallest absolute Gasteiger partial charge is 0.305 e. The highest BCUT2D eigenvalue weighted by molar-refractivity contribution is 5.67. The molecule has 0 aromatic rings. The lowest BCUT2D eigenvalue weighted by Crippen LogP contribution is -2.36. The monoisotopic (exact) mass is 192 g/mol. The van der Waals surface area contributed by atoms with Crippen molar-refractivity contribution in [3.8, 4) is 0 Å². The van der Waals surface area contributed by atoms with Crippen molar-refractivity contribution in [2.45, 2.75) is 26.2 Å². The molecule has 0 aliphatic heterocycles. The molecule has 0 fully saturated rings. The van der Waals surface area contributed by atoms with Gasteiger partial charge in [0.25, 0.3) is 0 Å². The summed E-state index contributed by atoms with van der Waals surface area (Å²) in [6.45, 7) is 1.59. The van der Waals surface area contributed by atoms with Crippen LogP contribution in [-0.2, 0) is 19.1 Å². The number of rotatable bonds is 4. The molecule has 76 valence electrons. The van der Waals surface area contributed by atoms with Gasteiger partial charge in [-0.25, -0.2) is 0 Å². The van der Waals surface area contributed by atoms with E-state index < -0.39 is 30.9 Å². The molecule has 2 N–H and O–H groups in total. The summed E-state index contributed by atoms with van der Waals surface area (Å²) in [6, 6.07) is 0. The largest absolute Gasteiger partial charge is 0.453 e. The van der Waals surface area contributed by atoms with Crippen LogP contribution in [0.1, 0.15) is 13.8 Å². The van der Waals surface area contributed by atoms with E-state index in [2.05, 4.69) is 9.47 Å². The molecular weight excluding hydrogens is 180 g/mol. The number of carbonyl (C=O) groups is 2. The van der Waals surface area contributed by atoms with E-state index in [4.69, 9.17) is 10.2 Å². The lowest BCUT2D eigenvalue weighted by molar-refractivity contribution is -0.200. The highest BCUT2D eigenvalue weighted by Crippen LogP contribution is 2.01. The van der Waals surface area contributed by atoms with Crippen molar-refractivity contribution >= 4 is 11.9 Å². The maximum Gasteiger partial charge on any atom is 0.305 e. The van der Waals surface area contributed by atoms with Gasteiger partial charge < -0.3 is 19.7 Å². The van der Waals surface area contributed by atoms with E-state index >= 15 is 0 Å². The highest BCUT2D eigenvalue weighted by Gasteiger charge is 2.23. The average Bonchev–Trinajstić information content (AvgIpc) is 1.98. The summed E-state index contributed by atoms with van der Waals surface area (Å²) in [6.07, 6.45) is -2.87. The van der Waals surface area contributed by atoms with Gasteiger partial charge in [-0.3, -0.25) is 9.59 Å². The van der Waals surface area contributed by atoms with Crippen LogP contribution in [0.15, 0.2) is 0 Å². The van der Waals surface area contributed by atoms with Crippen LogP contribution in [0.3, 0.4) is 0 Å². The SMILES string of the molecule is CC(=O)OC(O)C(CO)OC(C)=O. The maximum absolute atomic E-state index is 10.4. The minimum Gasteiger partial charge on any atom is -0.453 e. The second-order valence-corrected chi connectivity index (χ2v) is 2.33. The van der Waals surface area contributed by atoms with E-state index in [0.29, 0.717) is 0 Å². The van der Waals surface area contributed by atoms with Gasteiger partial charge >= 0.3 is 11.9 Å². The first-order valence-corrected chi connectivity index (χ1v) is 3.60. The van der Waals surface area contributed by atoms with Crippen LogP contribution >= 0.6 is 0 Å². The van der Waals surface area contributed by atoms with Crippen LogP contribution < -0.4 is 0 Å². The number of esters is 2. The quantitative estimate of drug-likeness (QED) is 0.429. The molecule has 0 aliphatic carbocycles. The highest BCUT2D eigenvalue weighted by atomic mass is 16.7. The minimum absolute atomic E-state index is 0.617. The van der Waals surface area contributed by atoms with Gasteiger partial charge in [0.2, 0.25) is 6.29 Å². The van der Waals surface area contributed by atoms with Crippen LogP contribution in [-0.4, -0.2) is 41.2 Å². The van der Waals surface area contributed by atoms with Gasteiger partial charge in [0.1, 0.15) is 0 Å². The lowest BCUT2D eigenvalue weighted by atomic mass is 10.3. The number of hydrogen-bond acceptors (Lipinski definition) is 6. The molecule has 0 saturated heterocycles. The zero-order valence-corrected chi connectivity index (χ0v) is 7.39. The molecule has 0 spiro atoms. The van der Waals surface area contributed by atoms with Gasteiger partial charge in [-0.15, -0.1) is 0 Å². The zero-order chi connectivity index (χ0) is 10.4. The van der Waals surface area contributed by atoms with E-state index in [1.165, 1.54) is 0 Å². The van der Waals surface area contributed by atoms with E-state index in [1.54, 1.807) is 0 Å². The summed E-state index contributed by atoms with van der Waals surface area (Å²) in [5.74, 6) is -1.40. The topological polar surface area (TPSA) is 93.1 Å². The molecule has 0 saturated carbocycles. The number of aliphatic hydroxyl groups is 2. The first-order chi connectivity index (χ1) is 5.97. The van der Waals surface area contributed by atoms with Gasteiger partial charge in [-0.2, -0.15) is 0 Å². The molecular formula is C7H12O6. The first-order valence-electron chi connectivity index (χ1n) is 3.60. The molecule has 0 aromatic heterocycles. The molecule has 6 nitrogen and oxygen atoms in total. The van der Waals surface area contributed by atoms with Crippen LogP contribution in [0.25, 0.3) is 0 Å². The number of carbonyl (C=O) groups excluding carboxylic acids is 2. The molecule has 0 aliphatic rings. The van der Waals surface area contributed by atoms with Gasteiger partial charge in [-0.1, -0.05) is 0 Å². The third-order valence-corrected chi connectivity index (χ3v) is 1.10. The standard InChI is InChI=1S/C7H12O6/c1-4(9)12-6(3-8)7(11)13-5(2)10/h6-8,11H,3H2,1-2H3. The molecule has 0 rings (SSSR count). The molecule has 6 heteroatoms. The lowest BCUT2D eigenvalue weighted by Gasteiger charge is -2.19. The third kappa shape index (κ3) is 5.15. The van der Waals surface area contributed by atoms with Gasteiger partial charge in [0.05, 0.1) is 6.61 Å². The van der Waals surface area contributed by atoms with Crippen molar-refractivity contribution in [2.24, 2.45) is 0 Å². The Morgan fingerprint density at radius 3 is 2.00 bits per heavy atom. The molecule has 2 atom stereocenters. The third-order valence-electron chi connectivity index (χ3n) is 1.10. The van der Waals surface area contributed by atoms with Crippen molar-refractivity contribution in [2.75, 3.05) is 6.61 Å². The van der Waals surface area contributed by atoms with Crippen molar-refractivity contribution in [3.05, 3.63) is 0 Å². The Labute approximate surface area is 75.1 Å². The van der Waals surface area contributed by atoms with Crippen LogP contribution in [0, 0.1) is 0 Å². The van der Waals surface area contributed by atoms with Crippen LogP contribution in [0.2, 0.25) is 0 Å². The molecule has 13 heavy (non-hydrogen) atoms. The molecule has 0 amide bonds. The number of hydrogen-bond donors (Lipinski definition) is 2. The van der Waals surface area contributed by atoms with Crippen LogP contribution in [0.5, 0.6) is 0 Å².